The normalized spacial score (nSPS) is 21.4. The summed E-state index contributed by atoms with van der Waals surface area (Å²) in [7, 11) is 0. The van der Waals surface area contributed by atoms with Crippen LogP contribution < -0.4 is 10.6 Å². The SMILES string of the molecule is CCNC(=NCC(=O)N1CCCC1)NCC(C)N1CCN(CC)CC1. The molecule has 2 N–H and O–H groups in total. The Bertz CT molecular complexity index is 427. The first-order valence-corrected chi connectivity index (χ1v) is 9.90. The van der Waals surface area contributed by atoms with Crippen LogP contribution in [-0.2, 0) is 4.79 Å². The van der Waals surface area contributed by atoms with E-state index in [2.05, 4.69) is 39.3 Å². The summed E-state index contributed by atoms with van der Waals surface area (Å²) in [5.74, 6) is 0.882. The third kappa shape index (κ3) is 6.47. The van der Waals surface area contributed by atoms with Crippen molar-refractivity contribution in [3.05, 3.63) is 0 Å². The lowest BCUT2D eigenvalue weighted by atomic mass is 10.2. The number of hydrogen-bond acceptors (Lipinski definition) is 4. The van der Waals surface area contributed by atoms with Gasteiger partial charge in [0.15, 0.2) is 5.96 Å². The first-order valence-electron chi connectivity index (χ1n) is 9.90. The van der Waals surface area contributed by atoms with Gasteiger partial charge in [-0.05, 0) is 33.2 Å². The van der Waals surface area contributed by atoms with E-state index in [9.17, 15) is 4.79 Å². The Labute approximate surface area is 152 Å². The summed E-state index contributed by atoms with van der Waals surface area (Å²) in [6.45, 7) is 15.9. The third-order valence-corrected chi connectivity index (χ3v) is 5.22. The van der Waals surface area contributed by atoms with Gasteiger partial charge in [-0.3, -0.25) is 9.69 Å². The molecular weight excluding hydrogens is 316 g/mol. The van der Waals surface area contributed by atoms with Crippen molar-refractivity contribution in [3.63, 3.8) is 0 Å². The molecule has 2 saturated heterocycles. The molecule has 2 rings (SSSR count). The van der Waals surface area contributed by atoms with E-state index in [1.807, 2.05) is 11.8 Å². The van der Waals surface area contributed by atoms with Crippen LogP contribution in [0.5, 0.6) is 0 Å². The van der Waals surface area contributed by atoms with Gasteiger partial charge in [-0.15, -0.1) is 0 Å². The first-order chi connectivity index (χ1) is 12.1. The number of guanidine groups is 1. The van der Waals surface area contributed by atoms with Gasteiger partial charge >= 0.3 is 0 Å². The molecule has 0 aromatic carbocycles. The molecular formula is C18H36N6O. The van der Waals surface area contributed by atoms with E-state index in [-0.39, 0.29) is 12.5 Å². The molecule has 2 aliphatic heterocycles. The van der Waals surface area contributed by atoms with E-state index in [1.165, 1.54) is 0 Å². The summed E-state index contributed by atoms with van der Waals surface area (Å²) in [5, 5.41) is 6.65. The fourth-order valence-electron chi connectivity index (χ4n) is 3.45. The van der Waals surface area contributed by atoms with E-state index < -0.39 is 0 Å². The molecule has 2 heterocycles. The number of amides is 1. The molecule has 1 atom stereocenters. The summed E-state index contributed by atoms with van der Waals surface area (Å²) in [6, 6.07) is 0.456. The fourth-order valence-corrected chi connectivity index (χ4v) is 3.45. The predicted molar refractivity (Wildman–Crippen MR) is 103 cm³/mol. The van der Waals surface area contributed by atoms with Crippen LogP contribution in [0.4, 0.5) is 0 Å². The summed E-state index contributed by atoms with van der Waals surface area (Å²) < 4.78 is 0. The number of nitrogens with zero attached hydrogens (tertiary/aromatic N) is 4. The highest BCUT2D eigenvalue weighted by atomic mass is 16.2. The average molecular weight is 353 g/mol. The van der Waals surface area contributed by atoms with Crippen LogP contribution in [0.3, 0.4) is 0 Å². The molecule has 0 spiro atoms. The first kappa shape index (κ1) is 20.0. The molecule has 0 aromatic heterocycles. The van der Waals surface area contributed by atoms with E-state index in [4.69, 9.17) is 0 Å². The van der Waals surface area contributed by atoms with Crippen molar-refractivity contribution in [2.45, 2.75) is 39.7 Å². The van der Waals surface area contributed by atoms with Crippen LogP contribution in [0.1, 0.15) is 33.6 Å². The molecule has 2 fully saturated rings. The second kappa shape index (κ2) is 10.6. The fraction of sp³-hybridized carbons (Fsp3) is 0.889. The zero-order chi connectivity index (χ0) is 18.1. The van der Waals surface area contributed by atoms with Gasteiger partial charge in [-0.25, -0.2) is 4.99 Å². The van der Waals surface area contributed by atoms with E-state index in [0.29, 0.717) is 6.04 Å². The van der Waals surface area contributed by atoms with Crippen molar-refractivity contribution in [1.82, 2.24) is 25.3 Å². The maximum Gasteiger partial charge on any atom is 0.244 e. The molecule has 0 radical (unpaired) electrons. The minimum absolute atomic E-state index is 0.137. The van der Waals surface area contributed by atoms with Crippen LogP contribution >= 0.6 is 0 Å². The highest BCUT2D eigenvalue weighted by molar-refractivity contribution is 5.85. The lowest BCUT2D eigenvalue weighted by molar-refractivity contribution is -0.128. The predicted octanol–water partition coefficient (Wildman–Crippen LogP) is 0.190. The standard InChI is InChI=1S/C18H36N6O/c1-4-19-18(21-15-17(25)24-8-6-7-9-24)20-14-16(3)23-12-10-22(5-2)11-13-23/h16H,4-15H2,1-3H3,(H2,19,20,21). The van der Waals surface area contributed by atoms with Crippen molar-refractivity contribution in [2.24, 2.45) is 4.99 Å². The maximum atomic E-state index is 12.1. The second-order valence-electron chi connectivity index (χ2n) is 6.98. The smallest absolute Gasteiger partial charge is 0.244 e. The lowest BCUT2D eigenvalue weighted by Crippen LogP contribution is -2.53. The number of likely N-dealkylation sites (N-methyl/N-ethyl adjacent to an activating group) is 1. The Morgan fingerprint density at radius 2 is 1.72 bits per heavy atom. The van der Waals surface area contributed by atoms with Gasteiger partial charge in [0, 0.05) is 58.4 Å². The molecule has 1 amide bonds. The van der Waals surface area contributed by atoms with Gasteiger partial charge in [-0.2, -0.15) is 0 Å². The van der Waals surface area contributed by atoms with Crippen molar-refractivity contribution in [3.8, 4) is 0 Å². The minimum atomic E-state index is 0.137. The molecule has 7 heteroatoms. The number of nitrogens with one attached hydrogen (secondary N) is 2. The molecule has 0 saturated carbocycles. The zero-order valence-corrected chi connectivity index (χ0v) is 16.3. The van der Waals surface area contributed by atoms with Crippen molar-refractivity contribution < 1.29 is 4.79 Å². The molecule has 7 nitrogen and oxygen atoms in total. The minimum Gasteiger partial charge on any atom is -0.357 e. The quantitative estimate of drug-likeness (QED) is 0.506. The Morgan fingerprint density at radius 3 is 2.32 bits per heavy atom. The third-order valence-electron chi connectivity index (χ3n) is 5.22. The van der Waals surface area contributed by atoms with Gasteiger partial charge in [0.1, 0.15) is 6.54 Å². The Kier molecular flexibility index (Phi) is 8.48. The molecule has 0 aromatic rings. The largest absolute Gasteiger partial charge is 0.357 e. The van der Waals surface area contributed by atoms with Crippen molar-refractivity contribution >= 4 is 11.9 Å². The molecule has 144 valence electrons. The topological polar surface area (TPSA) is 63.2 Å². The highest BCUT2D eigenvalue weighted by Crippen LogP contribution is 2.07. The number of piperazine rings is 1. The van der Waals surface area contributed by atoms with Gasteiger partial charge in [0.05, 0.1) is 0 Å². The molecule has 2 aliphatic rings. The summed E-state index contributed by atoms with van der Waals surface area (Å²) in [6.07, 6.45) is 2.24. The zero-order valence-electron chi connectivity index (χ0n) is 16.3. The van der Waals surface area contributed by atoms with Gasteiger partial charge in [0.2, 0.25) is 5.91 Å². The number of aliphatic imine (C=N–C) groups is 1. The lowest BCUT2D eigenvalue weighted by Gasteiger charge is -2.37. The summed E-state index contributed by atoms with van der Waals surface area (Å²) in [5.41, 5.74) is 0. The van der Waals surface area contributed by atoms with Crippen LogP contribution in [-0.4, -0.2) is 98.1 Å². The molecule has 1 unspecified atom stereocenters. The molecule has 0 aliphatic carbocycles. The van der Waals surface area contributed by atoms with E-state index >= 15 is 0 Å². The van der Waals surface area contributed by atoms with Crippen LogP contribution in [0, 0.1) is 0 Å². The number of carbonyl (C=O) groups excluding carboxylic acids is 1. The Morgan fingerprint density at radius 1 is 1.04 bits per heavy atom. The Hall–Kier alpha value is -1.34. The van der Waals surface area contributed by atoms with Crippen molar-refractivity contribution in [1.29, 1.82) is 0 Å². The van der Waals surface area contributed by atoms with Gasteiger partial charge < -0.3 is 20.4 Å². The molecule has 25 heavy (non-hydrogen) atoms. The maximum absolute atomic E-state index is 12.1. The van der Waals surface area contributed by atoms with Crippen LogP contribution in [0.15, 0.2) is 4.99 Å². The van der Waals surface area contributed by atoms with E-state index in [1.54, 1.807) is 0 Å². The summed E-state index contributed by atoms with van der Waals surface area (Å²) in [4.78, 5) is 23.6. The number of likely N-dealkylation sites (tertiary alicyclic amines) is 1. The highest BCUT2D eigenvalue weighted by Gasteiger charge is 2.20. The number of carbonyl (C=O) groups is 1. The van der Waals surface area contributed by atoms with Crippen molar-refractivity contribution in [2.75, 3.05) is 65.4 Å². The summed E-state index contributed by atoms with van der Waals surface area (Å²) >= 11 is 0. The average Bonchev–Trinajstić information content (AvgIpc) is 3.18. The molecule has 0 bridgehead atoms. The van der Waals surface area contributed by atoms with Crippen LogP contribution in [0.25, 0.3) is 0 Å². The van der Waals surface area contributed by atoms with Gasteiger partial charge in [0.25, 0.3) is 0 Å². The van der Waals surface area contributed by atoms with Gasteiger partial charge in [-0.1, -0.05) is 6.92 Å². The number of rotatable bonds is 7. The second-order valence-corrected chi connectivity index (χ2v) is 6.98. The number of hydrogen-bond donors (Lipinski definition) is 2. The van der Waals surface area contributed by atoms with Crippen LogP contribution in [0.2, 0.25) is 0 Å². The Balaban J connectivity index is 1.76. The van der Waals surface area contributed by atoms with E-state index in [0.717, 1.165) is 77.7 Å². The monoisotopic (exact) mass is 352 g/mol.